The van der Waals surface area contributed by atoms with E-state index in [-0.39, 0.29) is 5.91 Å². The third kappa shape index (κ3) is 5.84. The summed E-state index contributed by atoms with van der Waals surface area (Å²) in [5.74, 6) is -0.151. The van der Waals surface area contributed by atoms with E-state index in [1.54, 1.807) is 18.2 Å². The quantitative estimate of drug-likeness (QED) is 0.731. The van der Waals surface area contributed by atoms with Crippen LogP contribution in [0.3, 0.4) is 0 Å². The molecule has 1 N–H and O–H groups in total. The Bertz CT molecular complexity index is 674. The Morgan fingerprint density at radius 3 is 2.25 bits per heavy atom. The fraction of sp³-hybridized carbons (Fsp3) is 0.250. The fourth-order valence-corrected chi connectivity index (χ4v) is 2.45. The van der Waals surface area contributed by atoms with E-state index in [1.807, 2.05) is 24.3 Å². The predicted octanol–water partition coefficient (Wildman–Crippen LogP) is 4.83. The Morgan fingerprint density at radius 2 is 1.67 bits per heavy atom. The van der Waals surface area contributed by atoms with Gasteiger partial charge in [0.25, 0.3) is 0 Å². The number of anilines is 1. The van der Waals surface area contributed by atoms with E-state index in [1.165, 1.54) is 11.6 Å². The van der Waals surface area contributed by atoms with Crippen LogP contribution in [0.15, 0.2) is 54.6 Å². The van der Waals surface area contributed by atoms with E-state index >= 15 is 0 Å². The Kier molecular flexibility index (Phi) is 7.04. The van der Waals surface area contributed by atoms with Crippen molar-refractivity contribution < 1.29 is 4.79 Å². The Balaban J connectivity index is 1.90. The monoisotopic (exact) mass is 342 g/mol. The van der Waals surface area contributed by atoms with Crippen molar-refractivity contribution >= 4 is 29.3 Å². The highest BCUT2D eigenvalue weighted by atomic mass is 35.5. The van der Waals surface area contributed by atoms with Crippen LogP contribution in [0.4, 0.5) is 5.69 Å². The van der Waals surface area contributed by atoms with Gasteiger partial charge in [0.15, 0.2) is 0 Å². The van der Waals surface area contributed by atoms with Gasteiger partial charge in [-0.05, 0) is 54.6 Å². The molecule has 0 unspecified atom stereocenters. The zero-order chi connectivity index (χ0) is 17.4. The zero-order valence-corrected chi connectivity index (χ0v) is 14.9. The minimum atomic E-state index is -0.151. The summed E-state index contributed by atoms with van der Waals surface area (Å²) in [5, 5.41) is 3.55. The number of nitrogens with one attached hydrogen (secondary N) is 1. The topological polar surface area (TPSA) is 32.3 Å². The molecule has 0 saturated heterocycles. The third-order valence-electron chi connectivity index (χ3n) is 3.82. The summed E-state index contributed by atoms with van der Waals surface area (Å²) in [6, 6.07) is 15.3. The largest absolute Gasteiger partial charge is 0.323 e. The molecule has 0 aliphatic heterocycles. The summed E-state index contributed by atoms with van der Waals surface area (Å²) in [6.07, 6.45) is 3.29. The number of hydrogen-bond acceptors (Lipinski definition) is 2. The number of carbonyl (C=O) groups excluding carboxylic acids is 1. The van der Waals surface area contributed by atoms with E-state index in [2.05, 4.69) is 36.2 Å². The van der Waals surface area contributed by atoms with Crippen molar-refractivity contribution in [3.63, 3.8) is 0 Å². The van der Waals surface area contributed by atoms with Crippen LogP contribution in [-0.2, 0) is 11.3 Å². The lowest BCUT2D eigenvalue weighted by molar-refractivity contribution is -0.111. The van der Waals surface area contributed by atoms with Crippen LogP contribution in [0.5, 0.6) is 0 Å². The van der Waals surface area contributed by atoms with Crippen LogP contribution in [0.1, 0.15) is 25.0 Å². The molecule has 0 heterocycles. The standard InChI is InChI=1S/C20H23ClN2O/c1-3-23(4-2)15-17-7-12-19(13-8-17)22-20(24)14-9-16-5-10-18(21)11-6-16/h5-14H,3-4,15H2,1-2H3,(H,22,24)/b14-9+. The normalized spacial score (nSPS) is 11.2. The van der Waals surface area contributed by atoms with Crippen LogP contribution in [-0.4, -0.2) is 23.9 Å². The number of nitrogens with zero attached hydrogens (tertiary/aromatic N) is 1. The summed E-state index contributed by atoms with van der Waals surface area (Å²) in [4.78, 5) is 14.3. The Morgan fingerprint density at radius 1 is 1.04 bits per heavy atom. The van der Waals surface area contributed by atoms with Crippen molar-refractivity contribution in [2.24, 2.45) is 0 Å². The van der Waals surface area contributed by atoms with Crippen LogP contribution >= 0.6 is 11.6 Å². The molecule has 2 rings (SSSR count). The number of hydrogen-bond donors (Lipinski definition) is 1. The molecule has 0 atom stereocenters. The number of amides is 1. The van der Waals surface area contributed by atoms with Crippen LogP contribution in [0, 0.1) is 0 Å². The smallest absolute Gasteiger partial charge is 0.248 e. The molecule has 126 valence electrons. The van der Waals surface area contributed by atoms with E-state index in [9.17, 15) is 4.79 Å². The highest BCUT2D eigenvalue weighted by Crippen LogP contribution is 2.13. The first-order chi connectivity index (χ1) is 11.6. The highest BCUT2D eigenvalue weighted by Gasteiger charge is 2.02. The van der Waals surface area contributed by atoms with Crippen LogP contribution in [0.25, 0.3) is 6.08 Å². The van der Waals surface area contributed by atoms with E-state index in [0.717, 1.165) is 30.9 Å². The molecule has 0 bridgehead atoms. The fourth-order valence-electron chi connectivity index (χ4n) is 2.33. The van der Waals surface area contributed by atoms with Crippen molar-refractivity contribution in [1.82, 2.24) is 4.90 Å². The average molecular weight is 343 g/mol. The van der Waals surface area contributed by atoms with E-state index in [4.69, 9.17) is 11.6 Å². The maximum atomic E-state index is 12.0. The molecule has 0 radical (unpaired) electrons. The first-order valence-corrected chi connectivity index (χ1v) is 8.54. The van der Waals surface area contributed by atoms with Gasteiger partial charge in [0.2, 0.25) is 5.91 Å². The maximum absolute atomic E-state index is 12.0. The van der Waals surface area contributed by atoms with Gasteiger partial charge in [0, 0.05) is 23.3 Å². The molecule has 2 aromatic rings. The Hall–Kier alpha value is -2.10. The van der Waals surface area contributed by atoms with Crippen molar-refractivity contribution in [3.05, 3.63) is 70.8 Å². The summed E-state index contributed by atoms with van der Waals surface area (Å²) >= 11 is 5.84. The molecule has 24 heavy (non-hydrogen) atoms. The molecule has 0 aliphatic rings. The first-order valence-electron chi connectivity index (χ1n) is 8.16. The van der Waals surface area contributed by atoms with Crippen molar-refractivity contribution in [2.75, 3.05) is 18.4 Å². The molecule has 0 fully saturated rings. The molecule has 3 nitrogen and oxygen atoms in total. The molecule has 0 aliphatic carbocycles. The van der Waals surface area contributed by atoms with Gasteiger partial charge in [-0.15, -0.1) is 0 Å². The second-order valence-electron chi connectivity index (χ2n) is 5.53. The van der Waals surface area contributed by atoms with Gasteiger partial charge in [0.1, 0.15) is 0 Å². The zero-order valence-electron chi connectivity index (χ0n) is 14.1. The Labute approximate surface area is 148 Å². The predicted molar refractivity (Wildman–Crippen MR) is 102 cm³/mol. The molecule has 0 spiro atoms. The van der Waals surface area contributed by atoms with Gasteiger partial charge in [-0.1, -0.05) is 49.7 Å². The van der Waals surface area contributed by atoms with Gasteiger partial charge in [0.05, 0.1) is 0 Å². The number of carbonyl (C=O) groups is 1. The summed E-state index contributed by atoms with van der Waals surface area (Å²) in [6.45, 7) is 7.31. The SMILES string of the molecule is CCN(CC)Cc1ccc(NC(=O)/C=C/c2ccc(Cl)cc2)cc1. The number of halogens is 1. The molecule has 0 aromatic heterocycles. The average Bonchev–Trinajstić information content (AvgIpc) is 2.60. The van der Waals surface area contributed by atoms with E-state index < -0.39 is 0 Å². The van der Waals surface area contributed by atoms with Crippen LogP contribution < -0.4 is 5.32 Å². The molecule has 4 heteroatoms. The number of benzene rings is 2. The lowest BCUT2D eigenvalue weighted by Gasteiger charge is -2.18. The minimum Gasteiger partial charge on any atom is -0.323 e. The molecular formula is C20H23ClN2O. The third-order valence-corrected chi connectivity index (χ3v) is 4.07. The van der Waals surface area contributed by atoms with Gasteiger partial charge in [-0.25, -0.2) is 0 Å². The lowest BCUT2D eigenvalue weighted by Crippen LogP contribution is -2.22. The second-order valence-corrected chi connectivity index (χ2v) is 5.97. The lowest BCUT2D eigenvalue weighted by atomic mass is 10.2. The molecule has 2 aromatic carbocycles. The van der Waals surface area contributed by atoms with Crippen molar-refractivity contribution in [3.8, 4) is 0 Å². The van der Waals surface area contributed by atoms with Gasteiger partial charge >= 0.3 is 0 Å². The van der Waals surface area contributed by atoms with E-state index in [0.29, 0.717) is 5.02 Å². The summed E-state index contributed by atoms with van der Waals surface area (Å²) in [5.41, 5.74) is 2.97. The molecule has 1 amide bonds. The maximum Gasteiger partial charge on any atom is 0.248 e. The first kappa shape index (κ1) is 18.2. The number of rotatable bonds is 7. The summed E-state index contributed by atoms with van der Waals surface area (Å²) in [7, 11) is 0. The van der Waals surface area contributed by atoms with Gasteiger partial charge in [-0.2, -0.15) is 0 Å². The highest BCUT2D eigenvalue weighted by molar-refractivity contribution is 6.30. The van der Waals surface area contributed by atoms with Crippen molar-refractivity contribution in [1.29, 1.82) is 0 Å². The van der Waals surface area contributed by atoms with Gasteiger partial charge in [-0.3, -0.25) is 9.69 Å². The summed E-state index contributed by atoms with van der Waals surface area (Å²) < 4.78 is 0. The van der Waals surface area contributed by atoms with Crippen molar-refractivity contribution in [2.45, 2.75) is 20.4 Å². The molecule has 0 saturated carbocycles. The minimum absolute atomic E-state index is 0.151. The second kappa shape index (κ2) is 9.26. The van der Waals surface area contributed by atoms with Crippen LogP contribution in [0.2, 0.25) is 5.02 Å². The van der Waals surface area contributed by atoms with Gasteiger partial charge < -0.3 is 5.32 Å². The molecular weight excluding hydrogens is 320 g/mol.